The van der Waals surface area contributed by atoms with Gasteiger partial charge in [-0.3, -0.25) is 9.69 Å². The number of aliphatic hydroxyl groups is 4. The van der Waals surface area contributed by atoms with E-state index in [4.69, 9.17) is 9.47 Å². The molecule has 0 spiro atoms. The number of amides is 1. The minimum atomic E-state index is -1.45. The van der Waals surface area contributed by atoms with Gasteiger partial charge >= 0.3 is 6.09 Å². The fourth-order valence-electron chi connectivity index (χ4n) is 5.69. The largest absolute Gasteiger partial charge is 0.439 e. The van der Waals surface area contributed by atoms with E-state index < -0.39 is 29.8 Å². The summed E-state index contributed by atoms with van der Waals surface area (Å²) in [6, 6.07) is 0. The molecule has 0 aromatic heterocycles. The van der Waals surface area contributed by atoms with Crippen molar-refractivity contribution in [1.29, 1.82) is 0 Å². The zero-order chi connectivity index (χ0) is 33.7. The van der Waals surface area contributed by atoms with Crippen LogP contribution in [0.15, 0.2) is 36.0 Å². The second kappa shape index (κ2) is 18.9. The first-order chi connectivity index (χ1) is 21.2. The van der Waals surface area contributed by atoms with Gasteiger partial charge in [0.15, 0.2) is 11.9 Å². The van der Waals surface area contributed by atoms with Crippen LogP contribution in [0.4, 0.5) is 4.79 Å². The van der Waals surface area contributed by atoms with Gasteiger partial charge in [0.25, 0.3) is 0 Å². The van der Waals surface area contributed by atoms with Gasteiger partial charge in [-0.05, 0) is 63.5 Å². The van der Waals surface area contributed by atoms with Crippen LogP contribution < -0.4 is 0 Å². The number of hydrogen-bond donors (Lipinski definition) is 4. The van der Waals surface area contributed by atoms with E-state index in [1.807, 2.05) is 26.8 Å². The van der Waals surface area contributed by atoms with Crippen molar-refractivity contribution in [2.45, 2.75) is 117 Å². The van der Waals surface area contributed by atoms with E-state index in [2.05, 4.69) is 17.9 Å². The second-order valence-corrected chi connectivity index (χ2v) is 13.3. The summed E-state index contributed by atoms with van der Waals surface area (Å²) in [4.78, 5) is 29.9. The molecule has 10 heteroatoms. The van der Waals surface area contributed by atoms with Crippen LogP contribution in [-0.4, -0.2) is 118 Å². The first-order valence-corrected chi connectivity index (χ1v) is 16.8. The summed E-state index contributed by atoms with van der Waals surface area (Å²) in [5.74, 6) is -0.223. The van der Waals surface area contributed by atoms with Gasteiger partial charge in [0.1, 0.15) is 5.60 Å². The average molecular weight is 637 g/mol. The zero-order valence-electron chi connectivity index (χ0n) is 28.6. The van der Waals surface area contributed by atoms with Crippen molar-refractivity contribution in [2.24, 2.45) is 17.8 Å². The SMILES string of the molecule is CCC(O)CCC(C)(O)C(/C=C/C(C)C(=O)/C(C)=C/C=C/C(C)CC1OC1C(C)C(O)CC)OC(=O)N1CCN(CCO)CC1. The first-order valence-electron chi connectivity index (χ1n) is 16.8. The number of hydrogen-bond acceptors (Lipinski definition) is 9. The lowest BCUT2D eigenvalue weighted by Gasteiger charge is -2.36. The van der Waals surface area contributed by atoms with Gasteiger partial charge in [-0.15, -0.1) is 0 Å². The highest BCUT2D eigenvalue weighted by Gasteiger charge is 2.45. The molecule has 0 aromatic carbocycles. The monoisotopic (exact) mass is 636 g/mol. The van der Waals surface area contributed by atoms with Crippen LogP contribution in [0, 0.1) is 17.8 Å². The first kappa shape index (κ1) is 39.1. The molecule has 9 unspecified atom stereocenters. The maximum atomic E-state index is 13.2. The second-order valence-electron chi connectivity index (χ2n) is 13.3. The molecule has 258 valence electrons. The van der Waals surface area contributed by atoms with Gasteiger partial charge in [0.05, 0.1) is 31.0 Å². The molecule has 2 saturated heterocycles. The Hall–Kier alpha value is -2.08. The minimum Gasteiger partial charge on any atom is -0.439 e. The highest BCUT2D eigenvalue weighted by atomic mass is 16.6. The third kappa shape index (κ3) is 12.9. The van der Waals surface area contributed by atoms with Crippen molar-refractivity contribution in [2.75, 3.05) is 39.3 Å². The van der Waals surface area contributed by atoms with E-state index in [-0.39, 0.29) is 49.0 Å². The molecular weight excluding hydrogens is 576 g/mol. The smallest absolute Gasteiger partial charge is 0.410 e. The summed E-state index contributed by atoms with van der Waals surface area (Å²) in [6.45, 7) is 15.9. The van der Waals surface area contributed by atoms with Crippen molar-refractivity contribution >= 4 is 11.9 Å². The predicted octanol–water partition coefficient (Wildman–Crippen LogP) is 3.87. The Bertz CT molecular complexity index is 1000. The third-order valence-corrected chi connectivity index (χ3v) is 9.27. The Morgan fingerprint density at radius 2 is 1.71 bits per heavy atom. The number of carbonyl (C=O) groups is 2. The molecule has 0 radical (unpaired) electrons. The molecule has 2 heterocycles. The van der Waals surface area contributed by atoms with Crippen molar-refractivity contribution in [3.05, 3.63) is 36.0 Å². The lowest BCUT2D eigenvalue weighted by atomic mass is 9.89. The van der Waals surface area contributed by atoms with Gasteiger partial charge in [-0.1, -0.05) is 58.9 Å². The molecule has 10 nitrogen and oxygen atoms in total. The zero-order valence-corrected chi connectivity index (χ0v) is 28.6. The summed E-state index contributed by atoms with van der Waals surface area (Å²) in [7, 11) is 0. The number of ether oxygens (including phenoxy) is 2. The molecule has 4 N–H and O–H groups in total. The molecule has 2 aliphatic rings. The lowest BCUT2D eigenvalue weighted by molar-refractivity contribution is -0.117. The van der Waals surface area contributed by atoms with Gasteiger partial charge < -0.3 is 34.8 Å². The van der Waals surface area contributed by atoms with Crippen LogP contribution in [0.1, 0.15) is 80.6 Å². The van der Waals surface area contributed by atoms with Crippen LogP contribution in [0.25, 0.3) is 0 Å². The number of nitrogens with zero attached hydrogens (tertiary/aromatic N) is 2. The topological polar surface area (TPSA) is 143 Å². The number of ketones is 1. The van der Waals surface area contributed by atoms with Gasteiger partial charge in [0, 0.05) is 44.6 Å². The van der Waals surface area contributed by atoms with Crippen LogP contribution in [-0.2, 0) is 14.3 Å². The fraction of sp³-hybridized carbons (Fsp3) is 0.771. The number of aliphatic hydroxyl groups excluding tert-OH is 3. The van der Waals surface area contributed by atoms with E-state index >= 15 is 0 Å². The van der Waals surface area contributed by atoms with Gasteiger partial charge in [-0.25, -0.2) is 4.79 Å². The van der Waals surface area contributed by atoms with Crippen molar-refractivity contribution < 1.29 is 39.5 Å². The van der Waals surface area contributed by atoms with E-state index in [0.717, 1.165) is 6.42 Å². The number of carbonyl (C=O) groups excluding carboxylic acids is 2. The fourth-order valence-corrected chi connectivity index (χ4v) is 5.69. The predicted molar refractivity (Wildman–Crippen MR) is 176 cm³/mol. The number of piperazine rings is 1. The van der Waals surface area contributed by atoms with Gasteiger partial charge in [-0.2, -0.15) is 0 Å². The van der Waals surface area contributed by atoms with Crippen molar-refractivity contribution in [3.8, 4) is 0 Å². The number of β-amino-alcohol motifs (C(OH)–C–C–N with tert-alkyl or cyclic N) is 1. The third-order valence-electron chi connectivity index (χ3n) is 9.27. The Labute approximate surface area is 270 Å². The van der Waals surface area contributed by atoms with Crippen LogP contribution in [0.3, 0.4) is 0 Å². The van der Waals surface area contributed by atoms with Gasteiger partial charge in [0.2, 0.25) is 0 Å². The van der Waals surface area contributed by atoms with Crippen molar-refractivity contribution in [3.63, 3.8) is 0 Å². The Morgan fingerprint density at radius 3 is 2.31 bits per heavy atom. The van der Waals surface area contributed by atoms with Crippen molar-refractivity contribution in [1.82, 2.24) is 9.80 Å². The number of epoxide rings is 1. The molecule has 2 rings (SSSR count). The maximum Gasteiger partial charge on any atom is 0.410 e. The molecule has 0 saturated carbocycles. The van der Waals surface area contributed by atoms with E-state index in [1.165, 1.54) is 0 Å². The maximum absolute atomic E-state index is 13.2. The molecule has 9 atom stereocenters. The van der Waals surface area contributed by atoms with Crippen LogP contribution in [0.5, 0.6) is 0 Å². The summed E-state index contributed by atoms with van der Waals surface area (Å²) < 4.78 is 11.6. The highest BCUT2D eigenvalue weighted by molar-refractivity contribution is 5.97. The molecule has 0 aliphatic carbocycles. The van der Waals surface area contributed by atoms with E-state index in [0.29, 0.717) is 57.6 Å². The number of allylic oxidation sites excluding steroid dienone is 5. The summed E-state index contributed by atoms with van der Waals surface area (Å²) in [5, 5.41) is 40.7. The van der Waals surface area contributed by atoms with E-state index in [1.54, 1.807) is 43.9 Å². The summed E-state index contributed by atoms with van der Waals surface area (Å²) in [6.07, 6.45) is 9.47. The molecule has 2 aliphatic heterocycles. The number of Topliss-reactive ketones (excluding diaryl/α,β-unsaturated/α-hetero) is 1. The molecule has 0 aromatic rings. The molecular formula is C35H60N2O8. The highest BCUT2D eigenvalue weighted by Crippen LogP contribution is 2.36. The standard InChI is InChI=1S/C35H60N2O8/c1-8-28(39)15-16-35(7,43)31(45-34(42)37-19-17-36(18-20-37)21-22-38)14-13-26(5)32(41)25(4)12-10-11-24(3)23-30-33(44-30)27(6)29(40)9-2/h10-14,24,26-31,33,38-40,43H,8-9,15-23H2,1-7H3/b11-10+,14-13+,25-12+. The molecule has 0 bridgehead atoms. The Balaban J connectivity index is 2.01. The normalized spacial score (nSPS) is 25.0. The average Bonchev–Trinajstić information content (AvgIpc) is 3.79. The molecule has 45 heavy (non-hydrogen) atoms. The quantitative estimate of drug-likeness (QED) is 0.0719. The number of rotatable bonds is 19. The minimum absolute atomic E-state index is 0.0615. The Kier molecular flexibility index (Phi) is 16.4. The molecule has 1 amide bonds. The summed E-state index contributed by atoms with van der Waals surface area (Å²) >= 11 is 0. The van der Waals surface area contributed by atoms with Crippen LogP contribution >= 0.6 is 0 Å². The molecule has 2 fully saturated rings. The Morgan fingerprint density at radius 1 is 1.04 bits per heavy atom. The lowest BCUT2D eigenvalue weighted by Crippen LogP contribution is -2.51. The van der Waals surface area contributed by atoms with E-state index in [9.17, 15) is 30.0 Å². The van der Waals surface area contributed by atoms with Crippen LogP contribution in [0.2, 0.25) is 0 Å². The summed E-state index contributed by atoms with van der Waals surface area (Å²) in [5.41, 5.74) is -0.868.